The van der Waals surface area contributed by atoms with E-state index in [9.17, 15) is 13.2 Å². The van der Waals surface area contributed by atoms with E-state index < -0.39 is 16.0 Å². The summed E-state index contributed by atoms with van der Waals surface area (Å²) in [7, 11) is -2.17. The van der Waals surface area contributed by atoms with Gasteiger partial charge in [-0.05, 0) is 54.6 Å². The van der Waals surface area contributed by atoms with Crippen molar-refractivity contribution in [2.75, 3.05) is 7.05 Å². The van der Waals surface area contributed by atoms with Gasteiger partial charge in [0.15, 0.2) is 0 Å². The van der Waals surface area contributed by atoms with E-state index in [1.807, 2.05) is 22.6 Å². The van der Waals surface area contributed by atoms with Gasteiger partial charge in [-0.15, -0.1) is 0 Å². The number of carboxylic acids is 1. The highest BCUT2D eigenvalue weighted by Crippen LogP contribution is 2.21. The minimum Gasteiger partial charge on any atom is -0.478 e. The van der Waals surface area contributed by atoms with E-state index in [-0.39, 0.29) is 16.5 Å². The van der Waals surface area contributed by atoms with Crippen molar-refractivity contribution in [1.82, 2.24) is 4.31 Å². The molecule has 1 aromatic rings. The van der Waals surface area contributed by atoms with Gasteiger partial charge in [0.2, 0.25) is 10.0 Å². The molecule has 0 fully saturated rings. The second-order valence-corrected chi connectivity index (χ2v) is 7.22. The van der Waals surface area contributed by atoms with E-state index in [2.05, 4.69) is 0 Å². The molecule has 18 heavy (non-hydrogen) atoms. The van der Waals surface area contributed by atoms with Gasteiger partial charge in [0.05, 0.1) is 10.5 Å². The van der Waals surface area contributed by atoms with Crippen molar-refractivity contribution in [3.63, 3.8) is 0 Å². The summed E-state index contributed by atoms with van der Waals surface area (Å²) in [4.78, 5) is 11.0. The number of hydrogen-bond donors (Lipinski definition) is 1. The molecule has 0 heterocycles. The summed E-state index contributed by atoms with van der Waals surface area (Å²) < 4.78 is 26.1. The molecular formula is C11H14INO4S. The van der Waals surface area contributed by atoms with Gasteiger partial charge in [-0.2, -0.15) is 4.31 Å². The summed E-state index contributed by atoms with van der Waals surface area (Å²) in [5, 5.41) is 8.99. The molecule has 100 valence electrons. The van der Waals surface area contributed by atoms with Crippen molar-refractivity contribution in [2.45, 2.75) is 24.8 Å². The van der Waals surface area contributed by atoms with Gasteiger partial charge >= 0.3 is 5.97 Å². The number of carboxylic acid groups (broad SMARTS) is 1. The molecule has 0 atom stereocenters. The van der Waals surface area contributed by atoms with Crippen molar-refractivity contribution >= 4 is 38.6 Å². The van der Waals surface area contributed by atoms with Crippen molar-refractivity contribution in [3.05, 3.63) is 27.3 Å². The van der Waals surface area contributed by atoms with Crippen LogP contribution >= 0.6 is 22.6 Å². The predicted molar refractivity (Wildman–Crippen MR) is 76.2 cm³/mol. The van der Waals surface area contributed by atoms with E-state index in [4.69, 9.17) is 5.11 Å². The fourth-order valence-electron chi connectivity index (χ4n) is 1.27. The molecule has 0 aliphatic heterocycles. The number of rotatable bonds is 4. The Morgan fingerprint density at radius 1 is 1.39 bits per heavy atom. The first-order valence-corrected chi connectivity index (χ1v) is 7.70. The Bertz CT molecular complexity index is 568. The van der Waals surface area contributed by atoms with Crippen LogP contribution < -0.4 is 0 Å². The maximum absolute atomic E-state index is 12.2. The van der Waals surface area contributed by atoms with Crippen LogP contribution in [0.15, 0.2) is 23.1 Å². The number of hydrogen-bond acceptors (Lipinski definition) is 3. The van der Waals surface area contributed by atoms with E-state index in [1.54, 1.807) is 13.8 Å². The lowest BCUT2D eigenvalue weighted by atomic mass is 10.2. The van der Waals surface area contributed by atoms with E-state index >= 15 is 0 Å². The zero-order chi connectivity index (χ0) is 14.1. The highest BCUT2D eigenvalue weighted by atomic mass is 127. The lowest BCUT2D eigenvalue weighted by Gasteiger charge is -2.21. The smallest absolute Gasteiger partial charge is 0.336 e. The average molecular weight is 383 g/mol. The molecule has 0 saturated carbocycles. The van der Waals surface area contributed by atoms with E-state index in [1.165, 1.54) is 29.6 Å². The first kappa shape index (κ1) is 15.4. The van der Waals surface area contributed by atoms with Crippen molar-refractivity contribution in [1.29, 1.82) is 0 Å². The molecule has 0 unspecified atom stereocenters. The third kappa shape index (κ3) is 3.01. The molecule has 5 nitrogen and oxygen atoms in total. The van der Waals surface area contributed by atoms with Crippen molar-refractivity contribution in [2.24, 2.45) is 0 Å². The van der Waals surface area contributed by atoms with Gasteiger partial charge in [0.25, 0.3) is 0 Å². The molecule has 0 aromatic heterocycles. The molecule has 0 amide bonds. The molecule has 1 aromatic carbocycles. The number of nitrogens with zero attached hydrogens (tertiary/aromatic N) is 1. The number of halogens is 1. The van der Waals surface area contributed by atoms with E-state index in [0.717, 1.165) is 0 Å². The molecule has 0 radical (unpaired) electrons. The van der Waals surface area contributed by atoms with Gasteiger partial charge < -0.3 is 5.11 Å². The quantitative estimate of drug-likeness (QED) is 0.808. The fourth-order valence-corrected chi connectivity index (χ4v) is 3.23. The monoisotopic (exact) mass is 383 g/mol. The summed E-state index contributed by atoms with van der Waals surface area (Å²) in [5.41, 5.74) is -0.00571. The van der Waals surface area contributed by atoms with Crippen LogP contribution in [0.5, 0.6) is 0 Å². The number of sulfonamides is 1. The Balaban J connectivity index is 3.35. The molecule has 0 spiro atoms. The number of aromatic carboxylic acids is 1. The molecular weight excluding hydrogens is 369 g/mol. The molecule has 7 heteroatoms. The summed E-state index contributed by atoms with van der Waals surface area (Å²) >= 11 is 1.86. The maximum Gasteiger partial charge on any atom is 0.336 e. The molecule has 1 N–H and O–H groups in total. The highest BCUT2D eigenvalue weighted by molar-refractivity contribution is 14.1. The zero-order valence-electron chi connectivity index (χ0n) is 10.2. The molecule has 0 aliphatic rings. The predicted octanol–water partition coefficient (Wildman–Crippen LogP) is 2.02. The Kier molecular flexibility index (Phi) is 4.73. The van der Waals surface area contributed by atoms with Gasteiger partial charge in [-0.1, -0.05) is 0 Å². The lowest BCUT2D eigenvalue weighted by Crippen LogP contribution is -2.33. The van der Waals surface area contributed by atoms with Crippen LogP contribution in [0.25, 0.3) is 0 Å². The summed E-state index contributed by atoms with van der Waals surface area (Å²) in [5.74, 6) is -1.14. The fraction of sp³-hybridized carbons (Fsp3) is 0.364. The van der Waals surface area contributed by atoms with Crippen LogP contribution in [-0.2, 0) is 10.0 Å². The third-order valence-corrected chi connectivity index (χ3v) is 5.54. The Morgan fingerprint density at radius 3 is 2.39 bits per heavy atom. The average Bonchev–Trinajstić information content (AvgIpc) is 2.27. The largest absolute Gasteiger partial charge is 0.478 e. The second-order valence-electron chi connectivity index (χ2n) is 4.06. The summed E-state index contributed by atoms with van der Waals surface area (Å²) in [6.07, 6.45) is 0. The SMILES string of the molecule is CC(C)N(C)S(=O)(=O)c1ccc(I)c(C(=O)O)c1. The number of benzene rings is 1. The van der Waals surface area contributed by atoms with Crippen LogP contribution in [-0.4, -0.2) is 36.9 Å². The maximum atomic E-state index is 12.2. The van der Waals surface area contributed by atoms with Gasteiger partial charge in [-0.3, -0.25) is 0 Å². The minimum atomic E-state index is -3.64. The third-order valence-electron chi connectivity index (χ3n) is 2.57. The summed E-state index contributed by atoms with van der Waals surface area (Å²) in [6.45, 7) is 3.50. The molecule has 0 bridgehead atoms. The Morgan fingerprint density at radius 2 is 1.94 bits per heavy atom. The summed E-state index contributed by atoms with van der Waals surface area (Å²) in [6, 6.07) is 3.91. The molecule has 0 saturated heterocycles. The van der Waals surface area contributed by atoms with Crippen molar-refractivity contribution in [3.8, 4) is 0 Å². The molecule has 1 rings (SSSR count). The van der Waals surface area contributed by atoms with Gasteiger partial charge in [0.1, 0.15) is 0 Å². The zero-order valence-corrected chi connectivity index (χ0v) is 13.2. The Hall–Kier alpha value is -0.670. The molecule has 0 aliphatic carbocycles. The topological polar surface area (TPSA) is 74.7 Å². The van der Waals surface area contributed by atoms with Gasteiger partial charge in [-0.25, -0.2) is 13.2 Å². The highest BCUT2D eigenvalue weighted by Gasteiger charge is 2.24. The first-order valence-electron chi connectivity index (χ1n) is 5.18. The normalized spacial score (nSPS) is 12.1. The minimum absolute atomic E-state index is 0.00323. The van der Waals surface area contributed by atoms with Crippen LogP contribution in [0.2, 0.25) is 0 Å². The van der Waals surface area contributed by atoms with Crippen LogP contribution in [0, 0.1) is 3.57 Å². The van der Waals surface area contributed by atoms with Crippen LogP contribution in [0.4, 0.5) is 0 Å². The first-order chi connectivity index (χ1) is 8.17. The number of carbonyl (C=O) groups is 1. The van der Waals surface area contributed by atoms with Crippen LogP contribution in [0.1, 0.15) is 24.2 Å². The van der Waals surface area contributed by atoms with Crippen LogP contribution in [0.3, 0.4) is 0 Å². The van der Waals surface area contributed by atoms with Crippen molar-refractivity contribution < 1.29 is 18.3 Å². The standard InChI is InChI=1S/C11H14INO4S/c1-7(2)13(3)18(16,17)8-4-5-10(12)9(6-8)11(14)15/h4-7H,1-3H3,(H,14,15). The Labute approximate surface area is 120 Å². The second kappa shape index (κ2) is 5.54. The lowest BCUT2D eigenvalue weighted by molar-refractivity contribution is 0.0695. The van der Waals surface area contributed by atoms with E-state index in [0.29, 0.717) is 3.57 Å². The van der Waals surface area contributed by atoms with Gasteiger partial charge in [0, 0.05) is 16.7 Å².